The molecule has 1 aliphatic carbocycles. The summed E-state index contributed by atoms with van der Waals surface area (Å²) >= 11 is 6.50. The number of nitriles is 1. The Labute approximate surface area is 277 Å². The molecule has 4 aliphatic rings. The fraction of sp³-hybridized carbons (Fsp3) is 0.429. The van der Waals surface area contributed by atoms with Crippen molar-refractivity contribution >= 4 is 39.8 Å². The number of rotatable bonds is 9. The second kappa shape index (κ2) is 12.4. The van der Waals surface area contributed by atoms with E-state index in [-0.39, 0.29) is 29.4 Å². The summed E-state index contributed by atoms with van der Waals surface area (Å²) in [7, 11) is 0. The number of hydrogen-bond acceptors (Lipinski definition) is 8. The Morgan fingerprint density at radius 3 is 2.72 bits per heavy atom. The minimum Gasteiger partial charge on any atom is -0.463 e. The van der Waals surface area contributed by atoms with Gasteiger partial charge in [0, 0.05) is 67.5 Å². The van der Waals surface area contributed by atoms with Gasteiger partial charge in [-0.05, 0) is 42.7 Å². The summed E-state index contributed by atoms with van der Waals surface area (Å²) in [5.74, 6) is -1.04. The van der Waals surface area contributed by atoms with Crippen molar-refractivity contribution in [2.45, 2.75) is 39.2 Å². The highest BCUT2D eigenvalue weighted by Crippen LogP contribution is 2.47. The molecule has 0 N–H and O–H groups in total. The van der Waals surface area contributed by atoms with E-state index in [9.17, 15) is 18.8 Å². The van der Waals surface area contributed by atoms with Gasteiger partial charge < -0.3 is 24.3 Å². The van der Waals surface area contributed by atoms with Gasteiger partial charge in [0.2, 0.25) is 0 Å². The lowest BCUT2D eigenvalue weighted by Gasteiger charge is -2.39. The molecule has 0 atom stereocenters. The molecule has 1 amide bonds. The number of aromatic nitrogens is 2. The molecule has 4 heterocycles. The summed E-state index contributed by atoms with van der Waals surface area (Å²) in [6.07, 6.45) is 4.37. The Hall–Kier alpha value is -4.27. The summed E-state index contributed by atoms with van der Waals surface area (Å²) < 4.78 is 34.8. The van der Waals surface area contributed by atoms with Crippen molar-refractivity contribution in [1.29, 1.82) is 5.26 Å². The van der Waals surface area contributed by atoms with Crippen LogP contribution in [-0.4, -0.2) is 71.6 Å². The molecular formula is C35H36ClF2N7O2. The van der Waals surface area contributed by atoms with Crippen LogP contribution < -0.4 is 14.5 Å². The predicted molar refractivity (Wildman–Crippen MR) is 176 cm³/mol. The van der Waals surface area contributed by atoms with Gasteiger partial charge in [-0.2, -0.15) is 15.2 Å². The lowest BCUT2D eigenvalue weighted by molar-refractivity contribution is -0.126. The van der Waals surface area contributed by atoms with Crippen molar-refractivity contribution in [2.75, 3.05) is 55.7 Å². The number of likely N-dealkylation sites (tertiary alicyclic amines) is 1. The molecule has 2 fully saturated rings. The quantitative estimate of drug-likeness (QED) is 0.259. The van der Waals surface area contributed by atoms with Gasteiger partial charge in [0.25, 0.3) is 5.91 Å². The van der Waals surface area contributed by atoms with Gasteiger partial charge in [-0.25, -0.2) is 8.78 Å². The van der Waals surface area contributed by atoms with Crippen LogP contribution in [0.25, 0.3) is 10.8 Å². The zero-order valence-corrected chi connectivity index (χ0v) is 27.1. The zero-order valence-electron chi connectivity index (χ0n) is 26.3. The first-order chi connectivity index (χ1) is 22.6. The van der Waals surface area contributed by atoms with Gasteiger partial charge in [-0.3, -0.25) is 4.79 Å². The van der Waals surface area contributed by atoms with Crippen molar-refractivity contribution < 1.29 is 18.3 Å². The van der Waals surface area contributed by atoms with Crippen LogP contribution in [0.5, 0.6) is 6.01 Å². The highest BCUT2D eigenvalue weighted by molar-refractivity contribution is 6.36. The minimum absolute atomic E-state index is 0.0844. The summed E-state index contributed by atoms with van der Waals surface area (Å²) in [6, 6.07) is 11.2. The SMILES string of the molecule is C=C(F)C(=O)N1CCN(c2nc(OCC3(CN4CC(C)C4)CC3)nc3c2CCN(c2cccc4ccc(F)c(Cl)c24)C3)C=C1CC#N. The molecule has 9 nitrogen and oxygen atoms in total. The van der Waals surface area contributed by atoms with E-state index in [0.29, 0.717) is 49.6 Å². The highest BCUT2D eigenvalue weighted by atomic mass is 35.5. The van der Waals surface area contributed by atoms with E-state index in [1.165, 1.54) is 11.0 Å². The summed E-state index contributed by atoms with van der Waals surface area (Å²) in [6.45, 7) is 10.7. The Morgan fingerprint density at radius 1 is 1.19 bits per heavy atom. The second-order valence-electron chi connectivity index (χ2n) is 13.3. The Morgan fingerprint density at radius 2 is 2.00 bits per heavy atom. The molecule has 12 heteroatoms. The number of allylic oxidation sites excluding steroid dienone is 1. The summed E-state index contributed by atoms with van der Waals surface area (Å²) in [5.41, 5.74) is 2.96. The molecule has 0 spiro atoms. The van der Waals surface area contributed by atoms with Gasteiger partial charge in [0.15, 0.2) is 5.83 Å². The topological polar surface area (TPSA) is 88.8 Å². The molecule has 3 aliphatic heterocycles. The predicted octanol–water partition coefficient (Wildman–Crippen LogP) is 5.98. The fourth-order valence-electron chi connectivity index (χ4n) is 7.06. The van der Waals surface area contributed by atoms with Crippen molar-refractivity contribution in [1.82, 2.24) is 19.8 Å². The van der Waals surface area contributed by atoms with Crippen LogP contribution in [0, 0.1) is 28.5 Å². The Bertz CT molecular complexity index is 1830. The number of carbonyl (C=O) groups is 1. The van der Waals surface area contributed by atoms with Crippen molar-refractivity contribution in [2.24, 2.45) is 11.3 Å². The first-order valence-corrected chi connectivity index (χ1v) is 16.4. The standard InChI is InChI=1S/C35H36ClF2N7O2/c1-22-16-42(17-22)20-35(10-11-35)21-47-34-40-28-19-43(29-5-3-4-24-6-7-27(38)31(36)30(24)29)13-9-26(28)32(41-34)44-14-15-45(33(46)23(2)37)25(18-44)8-12-39/h3-7,18,22H,2,8-11,13-17,19-21H2,1H3. The number of nitrogens with zero attached hydrogens (tertiary/aromatic N) is 7. The Balaban J connectivity index is 1.23. The number of carbonyl (C=O) groups excluding carboxylic acids is 1. The maximum Gasteiger partial charge on any atom is 0.318 e. The molecule has 0 bridgehead atoms. The maximum absolute atomic E-state index is 14.6. The van der Waals surface area contributed by atoms with Crippen LogP contribution in [0.2, 0.25) is 5.02 Å². The number of benzene rings is 2. The van der Waals surface area contributed by atoms with E-state index in [1.807, 2.05) is 23.1 Å². The number of hydrogen-bond donors (Lipinski definition) is 0. The third-order valence-electron chi connectivity index (χ3n) is 9.67. The molecule has 244 valence electrons. The van der Waals surface area contributed by atoms with E-state index in [4.69, 9.17) is 26.3 Å². The minimum atomic E-state index is -1.08. The van der Waals surface area contributed by atoms with E-state index in [0.717, 1.165) is 60.7 Å². The fourth-order valence-corrected chi connectivity index (χ4v) is 7.33. The van der Waals surface area contributed by atoms with Gasteiger partial charge in [0.1, 0.15) is 11.6 Å². The highest BCUT2D eigenvalue weighted by Gasteiger charge is 2.46. The molecule has 47 heavy (non-hydrogen) atoms. The van der Waals surface area contributed by atoms with Crippen LogP contribution in [0.15, 0.2) is 54.6 Å². The summed E-state index contributed by atoms with van der Waals surface area (Å²) in [4.78, 5) is 30.1. The Kier molecular flexibility index (Phi) is 8.26. The number of anilines is 2. The number of halogens is 3. The van der Waals surface area contributed by atoms with E-state index in [1.54, 1.807) is 12.3 Å². The van der Waals surface area contributed by atoms with E-state index in [2.05, 4.69) is 29.4 Å². The molecule has 1 aromatic heterocycles. The second-order valence-corrected chi connectivity index (χ2v) is 13.6. The molecule has 3 aromatic rings. The zero-order chi connectivity index (χ0) is 32.9. The summed E-state index contributed by atoms with van der Waals surface area (Å²) in [5, 5.41) is 11.1. The number of fused-ring (bicyclic) bond motifs is 2. The van der Waals surface area contributed by atoms with E-state index < -0.39 is 17.6 Å². The maximum atomic E-state index is 14.6. The molecular weight excluding hydrogens is 624 g/mol. The lowest BCUT2D eigenvalue weighted by atomic mass is 9.99. The van der Waals surface area contributed by atoms with Crippen molar-refractivity contribution in [3.05, 3.63) is 76.7 Å². The largest absolute Gasteiger partial charge is 0.463 e. The lowest BCUT2D eigenvalue weighted by Crippen LogP contribution is -2.48. The molecule has 0 unspecified atom stereocenters. The first-order valence-electron chi connectivity index (χ1n) is 16.0. The van der Waals surface area contributed by atoms with Crippen molar-refractivity contribution in [3.63, 3.8) is 0 Å². The monoisotopic (exact) mass is 659 g/mol. The number of ether oxygens (including phenoxy) is 1. The van der Waals surface area contributed by atoms with Gasteiger partial charge in [0.05, 0.1) is 42.1 Å². The first kappa shape index (κ1) is 31.3. The van der Waals surface area contributed by atoms with Gasteiger partial charge in [-0.1, -0.05) is 43.3 Å². The van der Waals surface area contributed by atoms with Crippen LogP contribution in [-0.2, 0) is 17.8 Å². The molecule has 2 aromatic carbocycles. The van der Waals surface area contributed by atoms with Gasteiger partial charge in [-0.15, -0.1) is 0 Å². The average Bonchev–Trinajstić information content (AvgIpc) is 3.83. The van der Waals surface area contributed by atoms with Gasteiger partial charge >= 0.3 is 6.01 Å². The van der Waals surface area contributed by atoms with E-state index >= 15 is 0 Å². The van der Waals surface area contributed by atoms with Crippen molar-refractivity contribution in [3.8, 4) is 12.1 Å². The average molecular weight is 660 g/mol. The normalized spacial score (nSPS) is 19.1. The van der Waals surface area contributed by atoms with Crippen LogP contribution in [0.3, 0.4) is 0 Å². The molecule has 1 saturated heterocycles. The smallest absolute Gasteiger partial charge is 0.318 e. The molecule has 0 radical (unpaired) electrons. The van der Waals surface area contributed by atoms with Crippen LogP contribution in [0.1, 0.15) is 37.4 Å². The third-order valence-corrected chi connectivity index (χ3v) is 10.0. The number of amides is 1. The van der Waals surface area contributed by atoms with Crippen LogP contribution in [0.4, 0.5) is 20.3 Å². The van der Waals surface area contributed by atoms with Crippen LogP contribution >= 0.6 is 11.6 Å². The molecule has 7 rings (SSSR count). The molecule has 1 saturated carbocycles. The third kappa shape index (κ3) is 6.12.